The van der Waals surface area contributed by atoms with Gasteiger partial charge in [0.2, 0.25) is 0 Å². The molecular weight excluding hydrogens is 343 g/mol. The van der Waals surface area contributed by atoms with Crippen molar-refractivity contribution < 1.29 is 18.7 Å². The molecule has 0 aliphatic heterocycles. The number of aromatic nitrogens is 1. The SMILES string of the molecule is Cc1nc(C)c(C(=O)O[C@@H](C)C(=O)Nc2ccc(F)cc2Cl)s1. The van der Waals surface area contributed by atoms with Crippen LogP contribution in [0.2, 0.25) is 5.02 Å². The van der Waals surface area contributed by atoms with Gasteiger partial charge in [-0.2, -0.15) is 0 Å². The molecule has 0 aliphatic rings. The third-order valence-electron chi connectivity index (χ3n) is 2.93. The topological polar surface area (TPSA) is 68.3 Å². The van der Waals surface area contributed by atoms with Gasteiger partial charge >= 0.3 is 5.97 Å². The Morgan fingerprint density at radius 1 is 1.39 bits per heavy atom. The molecule has 2 aromatic rings. The molecule has 0 spiro atoms. The summed E-state index contributed by atoms with van der Waals surface area (Å²) >= 11 is 7.04. The molecule has 1 heterocycles. The molecule has 0 aliphatic carbocycles. The fourth-order valence-electron chi connectivity index (χ4n) is 1.81. The van der Waals surface area contributed by atoms with Gasteiger partial charge in [-0.1, -0.05) is 11.6 Å². The highest BCUT2D eigenvalue weighted by Crippen LogP contribution is 2.23. The van der Waals surface area contributed by atoms with Crippen molar-refractivity contribution in [1.82, 2.24) is 4.98 Å². The van der Waals surface area contributed by atoms with Crippen LogP contribution in [-0.4, -0.2) is 23.0 Å². The average Bonchev–Trinajstić information content (AvgIpc) is 2.80. The van der Waals surface area contributed by atoms with Crippen molar-refractivity contribution in [3.8, 4) is 0 Å². The number of hydrogen-bond donors (Lipinski definition) is 1. The molecule has 1 atom stereocenters. The highest BCUT2D eigenvalue weighted by Gasteiger charge is 2.22. The number of thiazole rings is 1. The average molecular weight is 357 g/mol. The fraction of sp³-hybridized carbons (Fsp3) is 0.267. The molecule has 0 saturated heterocycles. The second-order valence-corrected chi connectivity index (χ2v) is 6.42. The van der Waals surface area contributed by atoms with E-state index in [1.165, 1.54) is 30.4 Å². The van der Waals surface area contributed by atoms with Crippen molar-refractivity contribution in [1.29, 1.82) is 0 Å². The van der Waals surface area contributed by atoms with Gasteiger partial charge in [-0.25, -0.2) is 14.2 Å². The van der Waals surface area contributed by atoms with Gasteiger partial charge in [-0.3, -0.25) is 4.79 Å². The number of aryl methyl sites for hydroxylation is 2. The molecular formula is C15H14ClFN2O3S. The number of anilines is 1. The minimum atomic E-state index is -1.04. The second kappa shape index (κ2) is 7.06. The van der Waals surface area contributed by atoms with E-state index in [0.717, 1.165) is 11.1 Å². The quantitative estimate of drug-likeness (QED) is 0.847. The van der Waals surface area contributed by atoms with E-state index in [1.54, 1.807) is 13.8 Å². The lowest BCUT2D eigenvalue weighted by atomic mass is 10.3. The van der Waals surface area contributed by atoms with Crippen LogP contribution < -0.4 is 5.32 Å². The molecule has 0 radical (unpaired) electrons. The maximum absolute atomic E-state index is 13.0. The maximum Gasteiger partial charge on any atom is 0.351 e. The summed E-state index contributed by atoms with van der Waals surface area (Å²) in [7, 11) is 0. The molecule has 1 N–H and O–H groups in total. The van der Waals surface area contributed by atoms with Gasteiger partial charge in [0, 0.05) is 0 Å². The maximum atomic E-state index is 13.0. The lowest BCUT2D eigenvalue weighted by Crippen LogP contribution is -2.30. The van der Waals surface area contributed by atoms with Crippen LogP contribution in [0.15, 0.2) is 18.2 Å². The van der Waals surface area contributed by atoms with Gasteiger partial charge in [0.25, 0.3) is 5.91 Å². The van der Waals surface area contributed by atoms with Crippen molar-refractivity contribution in [2.45, 2.75) is 26.9 Å². The van der Waals surface area contributed by atoms with Crippen LogP contribution in [0.25, 0.3) is 0 Å². The van der Waals surface area contributed by atoms with E-state index < -0.39 is 23.8 Å². The molecule has 1 aromatic carbocycles. The van der Waals surface area contributed by atoms with E-state index in [-0.39, 0.29) is 10.7 Å². The summed E-state index contributed by atoms with van der Waals surface area (Å²) in [6.45, 7) is 4.91. The van der Waals surface area contributed by atoms with E-state index in [9.17, 15) is 14.0 Å². The zero-order chi connectivity index (χ0) is 17.1. The first-order valence-electron chi connectivity index (χ1n) is 6.69. The molecule has 0 unspecified atom stereocenters. The summed E-state index contributed by atoms with van der Waals surface area (Å²) in [5.74, 6) is -1.68. The van der Waals surface area contributed by atoms with E-state index in [0.29, 0.717) is 10.6 Å². The van der Waals surface area contributed by atoms with Crippen molar-refractivity contribution in [3.05, 3.63) is 44.6 Å². The lowest BCUT2D eigenvalue weighted by molar-refractivity contribution is -0.123. The number of carbonyl (C=O) groups is 2. The number of rotatable bonds is 4. The fourth-order valence-corrected chi connectivity index (χ4v) is 2.83. The summed E-state index contributed by atoms with van der Waals surface area (Å²) < 4.78 is 18.1. The Kier molecular flexibility index (Phi) is 5.33. The Labute approximate surface area is 141 Å². The minimum Gasteiger partial charge on any atom is -0.448 e. The predicted molar refractivity (Wildman–Crippen MR) is 86.5 cm³/mol. The van der Waals surface area contributed by atoms with Crippen LogP contribution in [0.1, 0.15) is 27.3 Å². The first-order valence-corrected chi connectivity index (χ1v) is 7.88. The molecule has 23 heavy (non-hydrogen) atoms. The number of nitrogens with zero attached hydrogens (tertiary/aromatic N) is 1. The summed E-state index contributed by atoms with van der Waals surface area (Å²) in [4.78, 5) is 28.6. The number of esters is 1. The van der Waals surface area contributed by atoms with Gasteiger partial charge in [0.1, 0.15) is 10.7 Å². The summed E-state index contributed by atoms with van der Waals surface area (Å²) in [5.41, 5.74) is 0.803. The van der Waals surface area contributed by atoms with Crippen molar-refractivity contribution in [2.24, 2.45) is 0 Å². The molecule has 8 heteroatoms. The number of amides is 1. The van der Waals surface area contributed by atoms with E-state index >= 15 is 0 Å². The Morgan fingerprint density at radius 2 is 2.09 bits per heavy atom. The van der Waals surface area contributed by atoms with Gasteiger partial charge in [0.05, 0.1) is 21.4 Å². The Balaban J connectivity index is 2.02. The number of nitrogens with one attached hydrogen (secondary N) is 1. The normalized spacial score (nSPS) is 11.9. The third kappa shape index (κ3) is 4.27. The Bertz CT molecular complexity index is 763. The molecule has 0 bridgehead atoms. The van der Waals surface area contributed by atoms with Gasteiger partial charge in [-0.15, -0.1) is 11.3 Å². The van der Waals surface area contributed by atoms with Crippen molar-refractivity contribution in [3.63, 3.8) is 0 Å². The molecule has 1 aromatic heterocycles. The van der Waals surface area contributed by atoms with Crippen LogP contribution in [0, 0.1) is 19.7 Å². The molecule has 1 amide bonds. The summed E-state index contributed by atoms with van der Waals surface area (Å²) in [6.07, 6.45) is -1.04. The third-order valence-corrected chi connectivity index (χ3v) is 4.30. The summed E-state index contributed by atoms with van der Waals surface area (Å²) in [6, 6.07) is 3.58. The zero-order valence-electron chi connectivity index (χ0n) is 12.6. The van der Waals surface area contributed by atoms with Gasteiger partial charge < -0.3 is 10.1 Å². The van der Waals surface area contributed by atoms with Gasteiger partial charge in [0.15, 0.2) is 6.10 Å². The molecule has 5 nitrogen and oxygen atoms in total. The largest absolute Gasteiger partial charge is 0.448 e. The van der Waals surface area contributed by atoms with Crippen molar-refractivity contribution >= 4 is 40.5 Å². The number of carbonyl (C=O) groups excluding carboxylic acids is 2. The van der Waals surface area contributed by atoms with Crippen LogP contribution in [0.4, 0.5) is 10.1 Å². The van der Waals surface area contributed by atoms with E-state index in [4.69, 9.17) is 16.3 Å². The predicted octanol–water partition coefficient (Wildman–Crippen LogP) is 3.74. The Morgan fingerprint density at radius 3 is 2.65 bits per heavy atom. The number of ether oxygens (including phenoxy) is 1. The molecule has 0 fully saturated rings. The zero-order valence-corrected chi connectivity index (χ0v) is 14.2. The van der Waals surface area contributed by atoms with Crippen LogP contribution in [-0.2, 0) is 9.53 Å². The molecule has 2 rings (SSSR count). The number of halogens is 2. The number of hydrogen-bond acceptors (Lipinski definition) is 5. The number of benzene rings is 1. The molecule has 122 valence electrons. The monoisotopic (exact) mass is 356 g/mol. The smallest absolute Gasteiger partial charge is 0.351 e. The first-order chi connectivity index (χ1) is 10.8. The lowest BCUT2D eigenvalue weighted by Gasteiger charge is -2.14. The van der Waals surface area contributed by atoms with Crippen LogP contribution in [0.3, 0.4) is 0 Å². The van der Waals surface area contributed by atoms with Crippen LogP contribution in [0.5, 0.6) is 0 Å². The minimum absolute atomic E-state index is 0.0609. The van der Waals surface area contributed by atoms with Gasteiger partial charge in [-0.05, 0) is 39.0 Å². The van der Waals surface area contributed by atoms with Crippen LogP contribution >= 0.6 is 22.9 Å². The van der Waals surface area contributed by atoms with E-state index in [1.807, 2.05) is 0 Å². The summed E-state index contributed by atoms with van der Waals surface area (Å²) in [5, 5.41) is 3.29. The molecule has 0 saturated carbocycles. The first kappa shape index (κ1) is 17.4. The highest BCUT2D eigenvalue weighted by molar-refractivity contribution is 7.13. The highest BCUT2D eigenvalue weighted by atomic mass is 35.5. The van der Waals surface area contributed by atoms with E-state index in [2.05, 4.69) is 10.3 Å². The second-order valence-electron chi connectivity index (χ2n) is 4.81. The standard InChI is InChI=1S/C15H14ClFN2O3S/c1-7-13(23-9(3)18-7)15(21)22-8(2)14(20)19-12-5-4-10(17)6-11(12)16/h4-6,8H,1-3H3,(H,19,20)/t8-/m0/s1. The van der Waals surface area contributed by atoms with Crippen molar-refractivity contribution in [2.75, 3.05) is 5.32 Å². The Hall–Kier alpha value is -1.99.